The topological polar surface area (TPSA) is 18.5 Å². The van der Waals surface area contributed by atoms with E-state index in [1.54, 1.807) is 54.6 Å². The van der Waals surface area contributed by atoms with Crippen LogP contribution in [-0.2, 0) is 16.8 Å². The second kappa shape index (κ2) is 7.73. The molecule has 6 heteroatoms. The first-order valence-corrected chi connectivity index (χ1v) is 9.50. The van der Waals surface area contributed by atoms with Crippen molar-refractivity contribution in [3.63, 3.8) is 0 Å². The van der Waals surface area contributed by atoms with Gasteiger partial charge in [-0.25, -0.2) is 13.2 Å². The molecule has 0 aliphatic heterocycles. The van der Waals surface area contributed by atoms with Crippen molar-refractivity contribution in [2.24, 2.45) is 0 Å². The molecule has 0 spiro atoms. The number of alkyl halides is 2. The number of benzene rings is 3. The molecule has 2 nitrogen and oxygen atoms in total. The molecule has 0 aromatic heterocycles. The average molecular weight is 419 g/mol. The maximum atomic E-state index is 14.1. The van der Waals surface area contributed by atoms with Gasteiger partial charge in [-0.05, 0) is 47.5 Å². The number of rotatable bonds is 7. The van der Waals surface area contributed by atoms with E-state index in [1.807, 2.05) is 6.07 Å². The molecule has 1 saturated carbocycles. The Morgan fingerprint density at radius 2 is 1.62 bits per heavy atom. The van der Waals surface area contributed by atoms with E-state index < -0.39 is 17.2 Å². The Hall–Kier alpha value is -2.50. The first kappa shape index (κ1) is 19.8. The van der Waals surface area contributed by atoms with Crippen molar-refractivity contribution in [2.75, 3.05) is 6.61 Å². The zero-order valence-corrected chi connectivity index (χ0v) is 16.1. The maximum absolute atomic E-state index is 14.1. The Morgan fingerprint density at radius 1 is 0.931 bits per heavy atom. The van der Waals surface area contributed by atoms with Crippen LogP contribution in [0.15, 0.2) is 72.8 Å². The third kappa shape index (κ3) is 4.11. The molecule has 0 amide bonds. The lowest BCUT2D eigenvalue weighted by atomic mass is 9.96. The summed E-state index contributed by atoms with van der Waals surface area (Å²) >= 11 is 5.86. The van der Waals surface area contributed by atoms with E-state index in [9.17, 15) is 13.2 Å². The number of hydrogen-bond acceptors (Lipinski definition) is 2. The summed E-state index contributed by atoms with van der Waals surface area (Å²) in [5.41, 5.74) is -0.215. The van der Waals surface area contributed by atoms with Crippen molar-refractivity contribution >= 4 is 11.6 Å². The Kier molecular flexibility index (Phi) is 5.28. The predicted octanol–water partition coefficient (Wildman–Crippen LogP) is 6.77. The van der Waals surface area contributed by atoms with E-state index in [4.69, 9.17) is 21.1 Å². The predicted molar refractivity (Wildman–Crippen MR) is 105 cm³/mol. The lowest BCUT2D eigenvalue weighted by Crippen LogP contribution is -2.23. The van der Waals surface area contributed by atoms with Crippen LogP contribution in [0.1, 0.15) is 17.5 Å². The van der Waals surface area contributed by atoms with E-state index >= 15 is 0 Å². The summed E-state index contributed by atoms with van der Waals surface area (Å²) in [6.45, 7) is -0.0786. The minimum absolute atomic E-state index is 0.0569. The zero-order chi connectivity index (χ0) is 20.5. The van der Waals surface area contributed by atoms with Crippen LogP contribution in [0.4, 0.5) is 13.2 Å². The fourth-order valence-electron chi connectivity index (χ4n) is 3.33. The highest BCUT2D eigenvalue weighted by molar-refractivity contribution is 6.30. The number of halogens is 4. The average Bonchev–Trinajstić information content (AvgIpc) is 3.27. The Balaban J connectivity index is 1.44. The summed E-state index contributed by atoms with van der Waals surface area (Å²) in [5.74, 6) is -2.78. The van der Waals surface area contributed by atoms with Gasteiger partial charge in [0.15, 0.2) is 11.6 Å². The Morgan fingerprint density at radius 3 is 2.28 bits per heavy atom. The van der Waals surface area contributed by atoms with Gasteiger partial charge < -0.3 is 9.47 Å². The second-order valence-electron chi connectivity index (χ2n) is 7.14. The summed E-state index contributed by atoms with van der Waals surface area (Å²) in [4.78, 5) is 0. The van der Waals surface area contributed by atoms with E-state index in [-0.39, 0.29) is 25.4 Å². The van der Waals surface area contributed by atoms with Crippen molar-refractivity contribution in [2.45, 2.75) is 24.4 Å². The molecule has 0 saturated heterocycles. The molecule has 1 atom stereocenters. The first-order chi connectivity index (χ1) is 13.9. The van der Waals surface area contributed by atoms with Crippen LogP contribution in [0.2, 0.25) is 5.02 Å². The first-order valence-electron chi connectivity index (χ1n) is 9.13. The lowest BCUT2D eigenvalue weighted by Gasteiger charge is -2.18. The van der Waals surface area contributed by atoms with Crippen molar-refractivity contribution in [1.82, 2.24) is 0 Å². The lowest BCUT2D eigenvalue weighted by molar-refractivity contribution is 0.0334. The van der Waals surface area contributed by atoms with Crippen molar-refractivity contribution in [3.8, 4) is 11.5 Å². The highest BCUT2D eigenvalue weighted by Gasteiger charge is 2.72. The van der Waals surface area contributed by atoms with Crippen molar-refractivity contribution in [3.05, 3.63) is 94.8 Å². The fourth-order valence-corrected chi connectivity index (χ4v) is 3.46. The molecule has 3 aromatic rings. The van der Waals surface area contributed by atoms with Crippen molar-refractivity contribution < 1.29 is 22.6 Å². The molecule has 1 fully saturated rings. The monoisotopic (exact) mass is 418 g/mol. The molecule has 3 aromatic carbocycles. The van der Waals surface area contributed by atoms with Gasteiger partial charge in [0, 0.05) is 11.4 Å². The minimum Gasteiger partial charge on any atom is -0.454 e. The van der Waals surface area contributed by atoms with Crippen LogP contribution >= 0.6 is 11.6 Å². The quantitative estimate of drug-likeness (QED) is 0.421. The van der Waals surface area contributed by atoms with Gasteiger partial charge in [0.25, 0.3) is 5.92 Å². The van der Waals surface area contributed by atoms with E-state index in [2.05, 4.69) is 0 Å². The van der Waals surface area contributed by atoms with E-state index in [0.29, 0.717) is 21.9 Å². The molecule has 1 aliphatic carbocycles. The van der Waals surface area contributed by atoms with Crippen molar-refractivity contribution in [1.29, 1.82) is 0 Å². The number of hydrogen-bond donors (Lipinski definition) is 0. The van der Waals surface area contributed by atoms with Gasteiger partial charge in [-0.1, -0.05) is 48.0 Å². The summed E-state index contributed by atoms with van der Waals surface area (Å²) < 4.78 is 53.5. The zero-order valence-electron chi connectivity index (χ0n) is 15.4. The molecule has 0 radical (unpaired) electrons. The molecular formula is C23H18ClF3O2. The van der Waals surface area contributed by atoms with Gasteiger partial charge in [0.05, 0.1) is 18.6 Å². The highest BCUT2D eigenvalue weighted by Crippen LogP contribution is 2.61. The summed E-state index contributed by atoms with van der Waals surface area (Å²) in [5, 5.41) is 0.492. The smallest absolute Gasteiger partial charge is 0.261 e. The summed E-state index contributed by atoms with van der Waals surface area (Å²) in [6.07, 6.45) is -0.270. The molecule has 150 valence electrons. The largest absolute Gasteiger partial charge is 0.454 e. The Bertz CT molecular complexity index is 993. The van der Waals surface area contributed by atoms with Crippen LogP contribution in [0.25, 0.3) is 0 Å². The van der Waals surface area contributed by atoms with Gasteiger partial charge in [-0.3, -0.25) is 0 Å². The van der Waals surface area contributed by atoms with Gasteiger partial charge in [0.2, 0.25) is 0 Å². The van der Waals surface area contributed by atoms with Gasteiger partial charge in [-0.2, -0.15) is 0 Å². The van der Waals surface area contributed by atoms with Crippen LogP contribution in [0, 0.1) is 5.82 Å². The summed E-state index contributed by atoms with van der Waals surface area (Å²) in [7, 11) is 0. The van der Waals surface area contributed by atoms with Gasteiger partial charge in [0.1, 0.15) is 5.75 Å². The molecular weight excluding hydrogens is 401 g/mol. The van der Waals surface area contributed by atoms with E-state index in [1.165, 1.54) is 12.1 Å². The minimum atomic E-state index is -2.83. The summed E-state index contributed by atoms with van der Waals surface area (Å²) in [6, 6.07) is 19.6. The standard InChI is InChI=1S/C23H18ClF3O2/c24-18-9-7-17(8-10-18)22(14-23(22,26)27)15-28-13-16-6-11-20(25)21(12-16)29-19-4-2-1-3-5-19/h1-12H,13-15H2. The number of ether oxygens (including phenoxy) is 2. The molecule has 4 rings (SSSR count). The number of para-hydroxylation sites is 1. The molecule has 0 heterocycles. The third-order valence-corrected chi connectivity index (χ3v) is 5.33. The molecule has 0 N–H and O–H groups in total. The highest BCUT2D eigenvalue weighted by atomic mass is 35.5. The van der Waals surface area contributed by atoms with Crippen LogP contribution in [-0.4, -0.2) is 12.5 Å². The second-order valence-corrected chi connectivity index (χ2v) is 7.58. The van der Waals surface area contributed by atoms with Crippen LogP contribution in [0.3, 0.4) is 0 Å². The molecule has 1 aliphatic rings. The fraction of sp³-hybridized carbons (Fsp3) is 0.217. The third-order valence-electron chi connectivity index (χ3n) is 5.08. The molecule has 29 heavy (non-hydrogen) atoms. The SMILES string of the molecule is Fc1ccc(COCC2(c3ccc(Cl)cc3)CC2(F)F)cc1Oc1ccccc1. The van der Waals surface area contributed by atoms with Crippen LogP contribution < -0.4 is 4.74 Å². The van der Waals surface area contributed by atoms with E-state index in [0.717, 1.165) is 0 Å². The molecule has 0 bridgehead atoms. The Labute approximate surface area is 171 Å². The normalized spacial score (nSPS) is 19.7. The molecule has 1 unspecified atom stereocenters. The van der Waals surface area contributed by atoms with Gasteiger partial charge in [-0.15, -0.1) is 0 Å². The maximum Gasteiger partial charge on any atom is 0.261 e. The van der Waals surface area contributed by atoms with Gasteiger partial charge >= 0.3 is 0 Å². The van der Waals surface area contributed by atoms with Crippen LogP contribution in [0.5, 0.6) is 11.5 Å².